The maximum absolute atomic E-state index is 14.0. The molecular weight excluding hydrogens is 513 g/mol. The van der Waals surface area contributed by atoms with Gasteiger partial charge in [-0.25, -0.2) is 9.18 Å². The van der Waals surface area contributed by atoms with Gasteiger partial charge in [0.15, 0.2) is 0 Å². The first-order valence-corrected chi connectivity index (χ1v) is 13.5. The van der Waals surface area contributed by atoms with Crippen LogP contribution in [0.25, 0.3) is 16.7 Å². The lowest BCUT2D eigenvalue weighted by atomic mass is 9.85. The molecule has 5 nitrogen and oxygen atoms in total. The Labute approximate surface area is 231 Å². The predicted octanol–water partition coefficient (Wildman–Crippen LogP) is 8.28. The van der Waals surface area contributed by atoms with E-state index in [1.165, 1.54) is 23.5 Å². The first kappa shape index (κ1) is 26.5. The fourth-order valence-corrected chi connectivity index (χ4v) is 5.59. The Bertz CT molecular complexity index is 1570. The summed E-state index contributed by atoms with van der Waals surface area (Å²) in [6.45, 7) is 8.45. The zero-order chi connectivity index (χ0) is 27.7. The Morgan fingerprint density at radius 1 is 1.00 bits per heavy atom. The number of carbonyl (C=O) groups excluding carboxylic acids is 1. The van der Waals surface area contributed by atoms with Gasteiger partial charge in [0.05, 0.1) is 12.6 Å². The number of carbonyl (C=O) groups is 1. The number of allylic oxidation sites excluding steroid dienone is 1. The van der Waals surface area contributed by atoms with Crippen LogP contribution in [0.5, 0.6) is 17.2 Å². The highest BCUT2D eigenvalue weighted by atomic mass is 32.1. The third kappa shape index (κ3) is 5.54. The van der Waals surface area contributed by atoms with Gasteiger partial charge >= 0.3 is 5.97 Å². The van der Waals surface area contributed by atoms with Crippen LogP contribution < -0.4 is 19.5 Å². The van der Waals surface area contributed by atoms with Gasteiger partial charge in [0.1, 0.15) is 34.5 Å². The summed E-state index contributed by atoms with van der Waals surface area (Å²) in [7, 11) is 1.59. The van der Waals surface area contributed by atoms with Gasteiger partial charge in [-0.3, -0.25) is 0 Å². The summed E-state index contributed by atoms with van der Waals surface area (Å²) < 4.78 is 31.6. The molecule has 0 atom stereocenters. The second-order valence-electron chi connectivity index (χ2n) is 10.1. The number of aryl methyl sites for hydroxylation is 1. The summed E-state index contributed by atoms with van der Waals surface area (Å²) in [5.74, 6) is 0.675. The van der Waals surface area contributed by atoms with Gasteiger partial charge in [0, 0.05) is 34.5 Å². The number of nitrogens with one attached hydrogen (secondary N) is 1. The van der Waals surface area contributed by atoms with Crippen LogP contribution >= 0.6 is 11.3 Å². The second-order valence-corrected chi connectivity index (χ2v) is 11.1. The van der Waals surface area contributed by atoms with Crippen molar-refractivity contribution in [2.45, 2.75) is 39.8 Å². The molecule has 0 amide bonds. The SMILES string of the molecule is COc1cc(OC(=O)c2cccs2)ccc1-c1ccc2c(c1COc1cc(F)ccc1C)C(C)=CC(C)(C)N2. The van der Waals surface area contributed by atoms with E-state index >= 15 is 0 Å². The Kier molecular flexibility index (Phi) is 7.19. The molecular formula is C32H30FNO4S. The van der Waals surface area contributed by atoms with E-state index in [-0.39, 0.29) is 18.0 Å². The summed E-state index contributed by atoms with van der Waals surface area (Å²) in [5.41, 5.74) is 6.47. The number of anilines is 1. The lowest BCUT2D eigenvalue weighted by molar-refractivity contribution is 0.0739. The zero-order valence-corrected chi connectivity index (χ0v) is 23.4. The molecule has 3 aromatic carbocycles. The lowest BCUT2D eigenvalue weighted by Crippen LogP contribution is -2.32. The van der Waals surface area contributed by atoms with Crippen molar-refractivity contribution in [3.8, 4) is 28.4 Å². The van der Waals surface area contributed by atoms with Crippen molar-refractivity contribution < 1.29 is 23.4 Å². The second kappa shape index (κ2) is 10.6. The molecule has 1 aromatic heterocycles. The molecule has 0 fully saturated rings. The topological polar surface area (TPSA) is 56.8 Å². The molecule has 0 saturated carbocycles. The molecule has 39 heavy (non-hydrogen) atoms. The minimum absolute atomic E-state index is 0.207. The average molecular weight is 544 g/mol. The van der Waals surface area contributed by atoms with E-state index < -0.39 is 5.97 Å². The van der Waals surface area contributed by atoms with Gasteiger partial charge in [0.2, 0.25) is 0 Å². The van der Waals surface area contributed by atoms with Crippen molar-refractivity contribution in [2.24, 2.45) is 0 Å². The van der Waals surface area contributed by atoms with Gasteiger partial charge in [-0.1, -0.05) is 24.3 Å². The van der Waals surface area contributed by atoms with Crippen LogP contribution in [0.15, 0.2) is 72.1 Å². The molecule has 0 saturated heterocycles. The number of fused-ring (bicyclic) bond motifs is 1. The van der Waals surface area contributed by atoms with Crippen molar-refractivity contribution in [3.63, 3.8) is 0 Å². The number of hydrogen-bond donors (Lipinski definition) is 1. The fourth-order valence-electron chi connectivity index (χ4n) is 4.99. The van der Waals surface area contributed by atoms with E-state index in [1.54, 1.807) is 31.4 Å². The highest BCUT2D eigenvalue weighted by Crippen LogP contribution is 2.43. The Hall–Kier alpha value is -4.10. The molecule has 0 unspecified atom stereocenters. The quantitative estimate of drug-likeness (QED) is 0.188. The smallest absolute Gasteiger partial charge is 0.353 e. The Morgan fingerprint density at radius 2 is 1.79 bits per heavy atom. The molecule has 0 aliphatic carbocycles. The van der Waals surface area contributed by atoms with Crippen LogP contribution in [0.3, 0.4) is 0 Å². The highest BCUT2D eigenvalue weighted by molar-refractivity contribution is 7.12. The van der Waals surface area contributed by atoms with Crippen LogP contribution in [-0.2, 0) is 6.61 Å². The summed E-state index contributed by atoms with van der Waals surface area (Å²) in [6, 6.07) is 17.5. The number of methoxy groups -OCH3 is 1. The summed E-state index contributed by atoms with van der Waals surface area (Å²) in [5, 5.41) is 5.43. The predicted molar refractivity (Wildman–Crippen MR) is 155 cm³/mol. The first-order chi connectivity index (χ1) is 18.6. The van der Waals surface area contributed by atoms with Crippen molar-refractivity contribution >= 4 is 28.6 Å². The zero-order valence-electron chi connectivity index (χ0n) is 22.6. The number of thiophene rings is 1. The van der Waals surface area contributed by atoms with Crippen molar-refractivity contribution in [3.05, 3.63) is 99.5 Å². The van der Waals surface area contributed by atoms with E-state index in [0.717, 1.165) is 39.1 Å². The number of halogens is 1. The summed E-state index contributed by atoms with van der Waals surface area (Å²) in [6.07, 6.45) is 2.19. The minimum atomic E-state index is -0.414. The molecule has 0 radical (unpaired) electrons. The highest BCUT2D eigenvalue weighted by Gasteiger charge is 2.27. The minimum Gasteiger partial charge on any atom is -0.496 e. The summed E-state index contributed by atoms with van der Waals surface area (Å²) >= 11 is 1.33. The van der Waals surface area contributed by atoms with Gasteiger partial charge in [-0.15, -0.1) is 11.3 Å². The van der Waals surface area contributed by atoms with E-state index in [4.69, 9.17) is 14.2 Å². The fraction of sp³-hybridized carbons (Fsp3) is 0.219. The number of rotatable bonds is 7. The Morgan fingerprint density at radius 3 is 2.54 bits per heavy atom. The van der Waals surface area contributed by atoms with Crippen molar-refractivity contribution in [1.82, 2.24) is 0 Å². The van der Waals surface area contributed by atoms with E-state index in [1.807, 2.05) is 30.5 Å². The Balaban J connectivity index is 1.57. The summed E-state index contributed by atoms with van der Waals surface area (Å²) in [4.78, 5) is 13.0. The number of benzene rings is 3. The molecule has 1 N–H and O–H groups in total. The maximum Gasteiger partial charge on any atom is 0.353 e. The van der Waals surface area contributed by atoms with E-state index in [2.05, 4.69) is 38.2 Å². The van der Waals surface area contributed by atoms with Crippen LogP contribution in [0, 0.1) is 12.7 Å². The van der Waals surface area contributed by atoms with Crippen molar-refractivity contribution in [2.75, 3.05) is 12.4 Å². The molecule has 2 heterocycles. The van der Waals surface area contributed by atoms with E-state index in [0.29, 0.717) is 22.1 Å². The molecule has 0 bridgehead atoms. The molecule has 1 aliphatic rings. The maximum atomic E-state index is 14.0. The van der Waals surface area contributed by atoms with Gasteiger partial charge in [-0.2, -0.15) is 0 Å². The number of ether oxygens (including phenoxy) is 3. The van der Waals surface area contributed by atoms with Gasteiger partial charge < -0.3 is 19.5 Å². The molecule has 7 heteroatoms. The van der Waals surface area contributed by atoms with Crippen LogP contribution in [0.1, 0.15) is 47.1 Å². The molecule has 200 valence electrons. The van der Waals surface area contributed by atoms with Crippen LogP contribution in [-0.4, -0.2) is 18.6 Å². The van der Waals surface area contributed by atoms with Gasteiger partial charge in [0.25, 0.3) is 0 Å². The standard InChI is InChI=1S/C32H30FNO4S/c1-19-8-9-21(33)15-27(19)37-18-25-23(12-13-26-30(25)20(2)17-32(3,4)34-26)24-11-10-22(16-28(24)36-5)38-31(35)29-7-6-14-39-29/h6-17,34H,18H2,1-5H3. The molecule has 4 aromatic rings. The first-order valence-electron chi connectivity index (χ1n) is 12.6. The monoisotopic (exact) mass is 543 g/mol. The molecule has 1 aliphatic heterocycles. The van der Waals surface area contributed by atoms with Crippen LogP contribution in [0.2, 0.25) is 0 Å². The lowest BCUT2D eigenvalue weighted by Gasteiger charge is -2.33. The largest absolute Gasteiger partial charge is 0.496 e. The van der Waals surface area contributed by atoms with Gasteiger partial charge in [-0.05, 0) is 80.1 Å². The third-order valence-corrected chi connectivity index (χ3v) is 7.51. The molecule has 5 rings (SSSR count). The number of esters is 1. The van der Waals surface area contributed by atoms with Crippen LogP contribution in [0.4, 0.5) is 10.1 Å². The van der Waals surface area contributed by atoms with E-state index in [9.17, 15) is 9.18 Å². The normalized spacial score (nSPS) is 13.6. The third-order valence-electron chi connectivity index (χ3n) is 6.66. The number of hydrogen-bond acceptors (Lipinski definition) is 6. The van der Waals surface area contributed by atoms with Crippen molar-refractivity contribution in [1.29, 1.82) is 0 Å². The average Bonchev–Trinajstić information content (AvgIpc) is 3.43. The molecule has 0 spiro atoms.